The van der Waals surface area contributed by atoms with E-state index in [9.17, 15) is 0 Å². The molecule has 0 aliphatic carbocycles. The highest BCUT2D eigenvalue weighted by atomic mass is 15.3. The molecule has 0 N–H and O–H groups in total. The van der Waals surface area contributed by atoms with Gasteiger partial charge in [-0.3, -0.25) is 4.98 Å². The lowest BCUT2D eigenvalue weighted by atomic mass is 10.2. The Morgan fingerprint density at radius 3 is 2.69 bits per heavy atom. The van der Waals surface area contributed by atoms with Crippen LogP contribution >= 0.6 is 0 Å². The maximum atomic E-state index is 4.62. The third-order valence-corrected chi connectivity index (χ3v) is 2.78. The molecule has 2 aromatic heterocycles. The van der Waals surface area contributed by atoms with Crippen molar-refractivity contribution in [3.63, 3.8) is 0 Å². The lowest BCUT2D eigenvalue weighted by Crippen LogP contribution is -2.03. The van der Waals surface area contributed by atoms with Crippen LogP contribution in [0.2, 0.25) is 0 Å². The third-order valence-electron chi connectivity index (χ3n) is 2.78. The number of nitrogens with zero attached hydrogens (tertiary/aromatic N) is 3. The van der Waals surface area contributed by atoms with Crippen LogP contribution in [-0.2, 0) is 12.8 Å². The number of aryl methyl sites for hydroxylation is 3. The van der Waals surface area contributed by atoms with E-state index in [2.05, 4.69) is 36.9 Å². The largest absolute Gasteiger partial charge is 0.264 e. The zero-order chi connectivity index (χ0) is 11.5. The first-order valence-electron chi connectivity index (χ1n) is 5.75. The molecule has 0 aliphatic rings. The molecule has 16 heavy (non-hydrogen) atoms. The number of hydrogen-bond acceptors (Lipinski definition) is 2. The van der Waals surface area contributed by atoms with Gasteiger partial charge >= 0.3 is 0 Å². The quantitative estimate of drug-likeness (QED) is 0.788. The topological polar surface area (TPSA) is 30.7 Å². The first-order valence-corrected chi connectivity index (χ1v) is 5.75. The SMILES string of the molecule is CCc1cc(CC)n(-c2ccncc2C)n1. The van der Waals surface area contributed by atoms with Gasteiger partial charge in [0.15, 0.2) is 0 Å². The van der Waals surface area contributed by atoms with E-state index in [4.69, 9.17) is 0 Å². The summed E-state index contributed by atoms with van der Waals surface area (Å²) in [4.78, 5) is 4.11. The molecule has 0 atom stereocenters. The van der Waals surface area contributed by atoms with Gasteiger partial charge in [0.25, 0.3) is 0 Å². The summed E-state index contributed by atoms with van der Waals surface area (Å²) in [5.41, 5.74) is 4.69. The minimum Gasteiger partial charge on any atom is -0.264 e. The minimum absolute atomic E-state index is 0.976. The van der Waals surface area contributed by atoms with E-state index in [1.807, 2.05) is 23.1 Å². The smallest absolute Gasteiger partial charge is 0.0708 e. The molecule has 3 heteroatoms. The summed E-state index contributed by atoms with van der Waals surface area (Å²) >= 11 is 0. The lowest BCUT2D eigenvalue weighted by Gasteiger charge is -2.08. The van der Waals surface area contributed by atoms with Crippen LogP contribution in [0.15, 0.2) is 24.5 Å². The van der Waals surface area contributed by atoms with Gasteiger partial charge in [0, 0.05) is 18.1 Å². The highest BCUT2D eigenvalue weighted by molar-refractivity contribution is 5.39. The van der Waals surface area contributed by atoms with E-state index in [0.29, 0.717) is 0 Å². The summed E-state index contributed by atoms with van der Waals surface area (Å²) in [5, 5.41) is 4.62. The van der Waals surface area contributed by atoms with Crippen LogP contribution in [0.1, 0.15) is 30.8 Å². The molecule has 3 nitrogen and oxygen atoms in total. The van der Waals surface area contributed by atoms with Crippen molar-refractivity contribution < 1.29 is 0 Å². The Hall–Kier alpha value is -1.64. The van der Waals surface area contributed by atoms with Crippen molar-refractivity contribution >= 4 is 0 Å². The molecular formula is C13H17N3. The molecule has 0 radical (unpaired) electrons. The van der Waals surface area contributed by atoms with Gasteiger partial charge in [0.2, 0.25) is 0 Å². The molecule has 2 heterocycles. The molecule has 2 rings (SSSR count). The highest BCUT2D eigenvalue weighted by Crippen LogP contribution is 2.16. The third kappa shape index (κ3) is 1.85. The Kier molecular flexibility index (Phi) is 3.04. The standard InChI is InChI=1S/C13H17N3/c1-4-11-8-12(5-2)16(15-11)13-6-7-14-9-10(13)3/h6-9H,4-5H2,1-3H3. The average Bonchev–Trinajstić information content (AvgIpc) is 2.72. The van der Waals surface area contributed by atoms with E-state index in [-0.39, 0.29) is 0 Å². The van der Waals surface area contributed by atoms with Gasteiger partial charge in [0.1, 0.15) is 0 Å². The van der Waals surface area contributed by atoms with E-state index in [0.717, 1.165) is 29.8 Å². The van der Waals surface area contributed by atoms with Crippen molar-refractivity contribution in [3.8, 4) is 5.69 Å². The highest BCUT2D eigenvalue weighted by Gasteiger charge is 2.08. The maximum Gasteiger partial charge on any atom is 0.0708 e. The second-order valence-electron chi connectivity index (χ2n) is 3.91. The average molecular weight is 215 g/mol. The van der Waals surface area contributed by atoms with Crippen LogP contribution in [0.4, 0.5) is 0 Å². The molecule has 0 saturated carbocycles. The van der Waals surface area contributed by atoms with Crippen molar-refractivity contribution in [1.82, 2.24) is 14.8 Å². The van der Waals surface area contributed by atoms with Gasteiger partial charge < -0.3 is 0 Å². The molecular weight excluding hydrogens is 198 g/mol. The second kappa shape index (κ2) is 4.47. The van der Waals surface area contributed by atoms with E-state index in [1.165, 1.54) is 5.69 Å². The maximum absolute atomic E-state index is 4.62. The molecule has 0 amide bonds. The van der Waals surface area contributed by atoms with Crippen molar-refractivity contribution in [2.24, 2.45) is 0 Å². The Morgan fingerprint density at radius 2 is 2.06 bits per heavy atom. The fraction of sp³-hybridized carbons (Fsp3) is 0.385. The summed E-state index contributed by atoms with van der Waals surface area (Å²) < 4.78 is 2.04. The summed E-state index contributed by atoms with van der Waals surface area (Å²) in [6, 6.07) is 4.20. The Balaban J connectivity index is 2.54. The van der Waals surface area contributed by atoms with Crippen molar-refractivity contribution in [2.75, 3.05) is 0 Å². The van der Waals surface area contributed by atoms with Gasteiger partial charge in [-0.1, -0.05) is 13.8 Å². The number of hydrogen-bond donors (Lipinski definition) is 0. The van der Waals surface area contributed by atoms with E-state index in [1.54, 1.807) is 0 Å². The normalized spacial score (nSPS) is 10.7. The van der Waals surface area contributed by atoms with E-state index >= 15 is 0 Å². The monoisotopic (exact) mass is 215 g/mol. The van der Waals surface area contributed by atoms with Gasteiger partial charge in [-0.25, -0.2) is 4.68 Å². The van der Waals surface area contributed by atoms with Gasteiger partial charge in [0.05, 0.1) is 11.4 Å². The Bertz CT molecular complexity index is 486. The summed E-state index contributed by atoms with van der Waals surface area (Å²) in [7, 11) is 0. The Labute approximate surface area is 96.1 Å². The van der Waals surface area contributed by atoms with Gasteiger partial charge in [-0.15, -0.1) is 0 Å². The van der Waals surface area contributed by atoms with Gasteiger partial charge in [-0.05, 0) is 37.5 Å². The molecule has 0 aromatic carbocycles. The molecule has 0 fully saturated rings. The van der Waals surface area contributed by atoms with Crippen LogP contribution in [0.25, 0.3) is 5.69 Å². The van der Waals surface area contributed by atoms with Crippen LogP contribution in [0.3, 0.4) is 0 Å². The van der Waals surface area contributed by atoms with Crippen LogP contribution in [0.5, 0.6) is 0 Å². The van der Waals surface area contributed by atoms with Crippen LogP contribution in [-0.4, -0.2) is 14.8 Å². The molecule has 0 bridgehead atoms. The summed E-state index contributed by atoms with van der Waals surface area (Å²) in [6.07, 6.45) is 5.66. The number of pyridine rings is 1. The van der Waals surface area contributed by atoms with Gasteiger partial charge in [-0.2, -0.15) is 5.10 Å². The zero-order valence-electron chi connectivity index (χ0n) is 10.1. The predicted octanol–water partition coefficient (Wildman–Crippen LogP) is 2.70. The molecule has 2 aromatic rings. The summed E-state index contributed by atoms with van der Waals surface area (Å²) in [5.74, 6) is 0. The van der Waals surface area contributed by atoms with Crippen LogP contribution < -0.4 is 0 Å². The lowest BCUT2D eigenvalue weighted by molar-refractivity contribution is 0.787. The van der Waals surface area contributed by atoms with Crippen molar-refractivity contribution in [1.29, 1.82) is 0 Å². The Morgan fingerprint density at radius 1 is 1.25 bits per heavy atom. The van der Waals surface area contributed by atoms with Crippen molar-refractivity contribution in [3.05, 3.63) is 41.5 Å². The molecule has 84 valence electrons. The van der Waals surface area contributed by atoms with Crippen molar-refractivity contribution in [2.45, 2.75) is 33.6 Å². The first kappa shape index (κ1) is 10.9. The zero-order valence-corrected chi connectivity index (χ0v) is 10.1. The molecule has 0 aliphatic heterocycles. The molecule has 0 spiro atoms. The molecule has 0 unspecified atom stereocenters. The van der Waals surface area contributed by atoms with E-state index < -0.39 is 0 Å². The van der Waals surface area contributed by atoms with Crippen LogP contribution in [0, 0.1) is 6.92 Å². The number of aromatic nitrogens is 3. The molecule has 0 saturated heterocycles. The first-order chi connectivity index (χ1) is 7.76. The predicted molar refractivity (Wildman–Crippen MR) is 64.9 cm³/mol. The number of rotatable bonds is 3. The minimum atomic E-state index is 0.976. The fourth-order valence-corrected chi connectivity index (χ4v) is 1.81. The second-order valence-corrected chi connectivity index (χ2v) is 3.91. The summed E-state index contributed by atoms with van der Waals surface area (Å²) in [6.45, 7) is 6.35. The fourth-order valence-electron chi connectivity index (χ4n) is 1.81.